The Balaban J connectivity index is 3.77. The molecular weight excluding hydrogens is 208 g/mol. The van der Waals surface area contributed by atoms with Gasteiger partial charge in [0, 0.05) is 46.4 Å². The van der Waals surface area contributed by atoms with Crippen LogP contribution in [0.2, 0.25) is 0 Å². The lowest BCUT2D eigenvalue weighted by Crippen LogP contribution is -2.37. The maximum atomic E-state index is 11.8. The first kappa shape index (κ1) is 15.3. The molecule has 2 N–H and O–H groups in total. The fourth-order valence-electron chi connectivity index (χ4n) is 1.35. The third-order valence-corrected chi connectivity index (χ3v) is 2.20. The van der Waals surface area contributed by atoms with Gasteiger partial charge in [-0.25, -0.2) is 0 Å². The van der Waals surface area contributed by atoms with E-state index in [1.165, 1.54) is 0 Å². The van der Waals surface area contributed by atoms with Gasteiger partial charge in [0.2, 0.25) is 5.91 Å². The fourth-order valence-corrected chi connectivity index (χ4v) is 1.35. The quantitative estimate of drug-likeness (QED) is 0.548. The Kier molecular flexibility index (Phi) is 10.4. The van der Waals surface area contributed by atoms with Gasteiger partial charge in [-0.1, -0.05) is 0 Å². The second-order valence-electron chi connectivity index (χ2n) is 3.46. The van der Waals surface area contributed by atoms with Gasteiger partial charge in [0.05, 0.1) is 6.61 Å². The normalized spacial score (nSPS) is 10.4. The maximum absolute atomic E-state index is 11.8. The largest absolute Gasteiger partial charge is 0.383 e. The van der Waals surface area contributed by atoms with Crippen LogP contribution in [0.3, 0.4) is 0 Å². The molecule has 0 spiro atoms. The first-order valence-electron chi connectivity index (χ1n) is 5.80. The Morgan fingerprint density at radius 2 is 2.06 bits per heavy atom. The van der Waals surface area contributed by atoms with E-state index >= 15 is 0 Å². The standard InChI is InChI=1S/C11H24N2O3/c1-3-16-9-4-5-11(14)13(7-6-12)8-10-15-2/h3-10,12H2,1-2H3. The Morgan fingerprint density at radius 1 is 1.31 bits per heavy atom. The highest BCUT2D eigenvalue weighted by atomic mass is 16.5. The van der Waals surface area contributed by atoms with E-state index < -0.39 is 0 Å². The molecule has 0 fully saturated rings. The van der Waals surface area contributed by atoms with E-state index in [0.29, 0.717) is 45.9 Å². The van der Waals surface area contributed by atoms with Gasteiger partial charge in [-0.15, -0.1) is 0 Å². The number of hydrogen-bond acceptors (Lipinski definition) is 4. The summed E-state index contributed by atoms with van der Waals surface area (Å²) >= 11 is 0. The van der Waals surface area contributed by atoms with E-state index in [-0.39, 0.29) is 5.91 Å². The first-order chi connectivity index (χ1) is 7.76. The second kappa shape index (κ2) is 10.9. The van der Waals surface area contributed by atoms with Crippen LogP contribution >= 0.6 is 0 Å². The number of nitrogens with zero attached hydrogens (tertiary/aromatic N) is 1. The SMILES string of the molecule is CCOCCCC(=O)N(CCN)CCOC. The second-order valence-corrected chi connectivity index (χ2v) is 3.46. The zero-order valence-electron chi connectivity index (χ0n) is 10.4. The summed E-state index contributed by atoms with van der Waals surface area (Å²) < 4.78 is 10.1. The number of methoxy groups -OCH3 is 1. The van der Waals surface area contributed by atoms with Gasteiger partial charge in [0.25, 0.3) is 0 Å². The molecule has 1 amide bonds. The van der Waals surface area contributed by atoms with Crippen LogP contribution in [-0.4, -0.2) is 57.4 Å². The van der Waals surface area contributed by atoms with Crippen molar-refractivity contribution in [2.24, 2.45) is 5.73 Å². The van der Waals surface area contributed by atoms with Gasteiger partial charge in [0.15, 0.2) is 0 Å². The van der Waals surface area contributed by atoms with Crippen LogP contribution in [0.4, 0.5) is 0 Å². The van der Waals surface area contributed by atoms with Crippen molar-refractivity contribution in [1.82, 2.24) is 4.90 Å². The molecule has 0 saturated heterocycles. The summed E-state index contributed by atoms with van der Waals surface area (Å²) in [5.41, 5.74) is 5.46. The minimum atomic E-state index is 0.127. The average Bonchev–Trinajstić information content (AvgIpc) is 2.29. The predicted molar refractivity (Wildman–Crippen MR) is 63.2 cm³/mol. The molecule has 0 rings (SSSR count). The van der Waals surface area contributed by atoms with Crippen molar-refractivity contribution in [3.8, 4) is 0 Å². The molecule has 0 aliphatic carbocycles. The fraction of sp³-hybridized carbons (Fsp3) is 0.909. The summed E-state index contributed by atoms with van der Waals surface area (Å²) in [6, 6.07) is 0. The molecule has 5 nitrogen and oxygen atoms in total. The smallest absolute Gasteiger partial charge is 0.222 e. The van der Waals surface area contributed by atoms with Gasteiger partial charge in [-0.2, -0.15) is 0 Å². The van der Waals surface area contributed by atoms with Crippen molar-refractivity contribution >= 4 is 5.91 Å². The van der Waals surface area contributed by atoms with Crippen molar-refractivity contribution < 1.29 is 14.3 Å². The van der Waals surface area contributed by atoms with Crippen LogP contribution < -0.4 is 5.73 Å². The third kappa shape index (κ3) is 7.62. The van der Waals surface area contributed by atoms with Crippen molar-refractivity contribution in [2.45, 2.75) is 19.8 Å². The Labute approximate surface area is 97.9 Å². The Bertz CT molecular complexity index is 177. The Hall–Kier alpha value is -0.650. The van der Waals surface area contributed by atoms with Crippen LogP contribution in [0.25, 0.3) is 0 Å². The predicted octanol–water partition coefficient (Wildman–Crippen LogP) is 0.237. The lowest BCUT2D eigenvalue weighted by molar-refractivity contribution is -0.132. The van der Waals surface area contributed by atoms with E-state index in [2.05, 4.69) is 0 Å². The minimum absolute atomic E-state index is 0.127. The monoisotopic (exact) mass is 232 g/mol. The summed E-state index contributed by atoms with van der Waals surface area (Å²) in [5, 5.41) is 0. The van der Waals surface area contributed by atoms with Crippen molar-refractivity contribution in [3.05, 3.63) is 0 Å². The Morgan fingerprint density at radius 3 is 2.62 bits per heavy atom. The molecule has 0 unspecified atom stereocenters. The van der Waals surface area contributed by atoms with Gasteiger partial charge >= 0.3 is 0 Å². The highest BCUT2D eigenvalue weighted by Crippen LogP contribution is 1.98. The lowest BCUT2D eigenvalue weighted by atomic mass is 10.3. The van der Waals surface area contributed by atoms with Crippen LogP contribution in [0.15, 0.2) is 0 Å². The van der Waals surface area contributed by atoms with Gasteiger partial charge in [0.1, 0.15) is 0 Å². The summed E-state index contributed by atoms with van der Waals surface area (Å²) in [5.74, 6) is 0.127. The molecular formula is C11H24N2O3. The van der Waals surface area contributed by atoms with Gasteiger partial charge < -0.3 is 20.1 Å². The molecule has 96 valence electrons. The van der Waals surface area contributed by atoms with Crippen molar-refractivity contribution in [3.63, 3.8) is 0 Å². The molecule has 0 aliphatic rings. The minimum Gasteiger partial charge on any atom is -0.383 e. The van der Waals surface area contributed by atoms with Crippen LogP contribution in [0, 0.1) is 0 Å². The molecule has 16 heavy (non-hydrogen) atoms. The number of ether oxygens (including phenoxy) is 2. The molecule has 0 aromatic rings. The van der Waals surface area contributed by atoms with Crippen LogP contribution in [0.1, 0.15) is 19.8 Å². The number of amides is 1. The molecule has 0 saturated carbocycles. The molecule has 0 heterocycles. The summed E-state index contributed by atoms with van der Waals surface area (Å²) in [4.78, 5) is 13.5. The van der Waals surface area contributed by atoms with Gasteiger partial charge in [-0.3, -0.25) is 4.79 Å². The first-order valence-corrected chi connectivity index (χ1v) is 5.80. The molecule has 0 radical (unpaired) electrons. The number of rotatable bonds is 10. The molecule has 0 bridgehead atoms. The number of carbonyl (C=O) groups is 1. The van der Waals surface area contributed by atoms with E-state index in [4.69, 9.17) is 15.2 Å². The topological polar surface area (TPSA) is 64.8 Å². The van der Waals surface area contributed by atoms with Gasteiger partial charge in [-0.05, 0) is 13.3 Å². The molecule has 0 aromatic carbocycles. The van der Waals surface area contributed by atoms with E-state index in [1.807, 2.05) is 6.92 Å². The maximum Gasteiger partial charge on any atom is 0.222 e. The van der Waals surface area contributed by atoms with Crippen molar-refractivity contribution in [2.75, 3.05) is 46.6 Å². The highest BCUT2D eigenvalue weighted by molar-refractivity contribution is 5.76. The van der Waals surface area contributed by atoms with Crippen LogP contribution in [-0.2, 0) is 14.3 Å². The summed E-state index contributed by atoms with van der Waals surface area (Å²) in [6.45, 7) is 5.53. The van der Waals surface area contributed by atoms with E-state index in [9.17, 15) is 4.79 Å². The summed E-state index contributed by atoms with van der Waals surface area (Å²) in [6.07, 6.45) is 1.28. The average molecular weight is 232 g/mol. The zero-order chi connectivity index (χ0) is 12.2. The number of hydrogen-bond donors (Lipinski definition) is 1. The van der Waals surface area contributed by atoms with Crippen molar-refractivity contribution in [1.29, 1.82) is 0 Å². The molecule has 0 aromatic heterocycles. The van der Waals surface area contributed by atoms with E-state index in [0.717, 1.165) is 6.42 Å². The third-order valence-electron chi connectivity index (χ3n) is 2.20. The highest BCUT2D eigenvalue weighted by Gasteiger charge is 2.11. The number of nitrogens with two attached hydrogens (primary N) is 1. The van der Waals surface area contributed by atoms with E-state index in [1.54, 1.807) is 12.0 Å². The molecule has 0 atom stereocenters. The lowest BCUT2D eigenvalue weighted by Gasteiger charge is -2.21. The van der Waals surface area contributed by atoms with Crippen LogP contribution in [0.5, 0.6) is 0 Å². The summed E-state index contributed by atoms with van der Waals surface area (Å²) in [7, 11) is 1.63. The molecule has 0 aliphatic heterocycles. The zero-order valence-corrected chi connectivity index (χ0v) is 10.4. The molecule has 5 heteroatoms. The number of carbonyl (C=O) groups excluding carboxylic acids is 1.